The second-order valence-corrected chi connectivity index (χ2v) is 12.2. The lowest BCUT2D eigenvalue weighted by Gasteiger charge is -2.32. The minimum Gasteiger partial charge on any atom is -0.410 e. The van der Waals surface area contributed by atoms with E-state index < -0.39 is 41.8 Å². The summed E-state index contributed by atoms with van der Waals surface area (Å²) in [4.78, 5) is 68.3. The number of rotatable bonds is 13. The minimum atomic E-state index is -1.03. The van der Waals surface area contributed by atoms with E-state index in [4.69, 9.17) is 4.74 Å². The Labute approximate surface area is 265 Å². The number of nitrogens with zero attached hydrogens (tertiary/aromatic N) is 1. The van der Waals surface area contributed by atoms with Gasteiger partial charge in [0.25, 0.3) is 5.91 Å². The van der Waals surface area contributed by atoms with Gasteiger partial charge in [-0.2, -0.15) is 0 Å². The van der Waals surface area contributed by atoms with Crippen molar-refractivity contribution in [3.63, 3.8) is 0 Å². The number of para-hydroxylation sites is 1. The topological polar surface area (TPSA) is 134 Å². The van der Waals surface area contributed by atoms with Gasteiger partial charge in [0, 0.05) is 13.1 Å². The highest BCUT2D eigenvalue weighted by molar-refractivity contribution is 6.38. The van der Waals surface area contributed by atoms with Crippen LogP contribution in [0.5, 0.6) is 5.75 Å². The standard InChI is InChI=1S/C35H44N4O6/c1-5-12-28(31(40)33(42)36-17-6-2)37-32(41)29-20-26(22(3)4)21-39(29)34(43)30(25-18-23-13-10-11-14-24(23)19-25)38-35(44)45-27-15-8-7-9-16-27/h6-11,13-16,22,25-26,28-30H,2,5,12,17-21H2,1,3-4H3,(H,36,42)(H,37,41)(H,38,44)/t26?,28?,29-,30?/m0/s1. The van der Waals surface area contributed by atoms with Gasteiger partial charge in [-0.25, -0.2) is 4.79 Å². The molecule has 2 aromatic rings. The number of likely N-dealkylation sites (tertiary alicyclic amines) is 1. The molecule has 240 valence electrons. The van der Waals surface area contributed by atoms with E-state index in [9.17, 15) is 24.0 Å². The maximum absolute atomic E-state index is 14.5. The molecular formula is C35H44N4O6. The van der Waals surface area contributed by atoms with Crippen molar-refractivity contribution < 1.29 is 28.7 Å². The lowest BCUT2D eigenvalue weighted by molar-refractivity contribution is -0.143. The van der Waals surface area contributed by atoms with Crippen molar-refractivity contribution >= 4 is 29.6 Å². The molecule has 1 fully saturated rings. The van der Waals surface area contributed by atoms with Gasteiger partial charge in [-0.1, -0.05) is 75.7 Å². The fraction of sp³-hybridized carbons (Fsp3) is 0.457. The van der Waals surface area contributed by atoms with E-state index in [0.717, 1.165) is 11.1 Å². The van der Waals surface area contributed by atoms with Crippen LogP contribution in [0.25, 0.3) is 0 Å². The maximum atomic E-state index is 14.5. The summed E-state index contributed by atoms with van der Waals surface area (Å²) >= 11 is 0. The van der Waals surface area contributed by atoms with Gasteiger partial charge >= 0.3 is 6.09 Å². The van der Waals surface area contributed by atoms with Crippen LogP contribution in [0, 0.1) is 17.8 Å². The Morgan fingerprint density at radius 1 is 0.956 bits per heavy atom. The smallest absolute Gasteiger partial charge is 0.410 e. The van der Waals surface area contributed by atoms with E-state index in [0.29, 0.717) is 38.0 Å². The van der Waals surface area contributed by atoms with Gasteiger partial charge < -0.3 is 25.6 Å². The zero-order valence-electron chi connectivity index (χ0n) is 26.3. The molecule has 2 aliphatic rings. The molecule has 0 radical (unpaired) electrons. The number of Topliss-reactive ketones (excluding diaryl/α,β-unsaturated/α-hetero) is 1. The van der Waals surface area contributed by atoms with E-state index in [1.807, 2.05) is 51.1 Å². The molecule has 4 rings (SSSR count). The highest BCUT2D eigenvalue weighted by atomic mass is 16.6. The number of hydrogen-bond donors (Lipinski definition) is 3. The van der Waals surface area contributed by atoms with Crippen molar-refractivity contribution in [2.24, 2.45) is 17.8 Å². The Hall–Kier alpha value is -4.47. The number of fused-ring (bicyclic) bond motifs is 1. The molecule has 1 saturated heterocycles. The molecule has 10 nitrogen and oxygen atoms in total. The molecule has 3 N–H and O–H groups in total. The van der Waals surface area contributed by atoms with Gasteiger partial charge in [0.15, 0.2) is 0 Å². The van der Waals surface area contributed by atoms with Crippen LogP contribution >= 0.6 is 0 Å². The van der Waals surface area contributed by atoms with E-state index >= 15 is 0 Å². The summed E-state index contributed by atoms with van der Waals surface area (Å²) in [6.07, 6.45) is 3.12. The maximum Gasteiger partial charge on any atom is 0.413 e. The average molecular weight is 617 g/mol. The zero-order chi connectivity index (χ0) is 32.5. The molecule has 3 unspecified atom stereocenters. The van der Waals surface area contributed by atoms with Crippen molar-refractivity contribution in [1.82, 2.24) is 20.9 Å². The third-order valence-electron chi connectivity index (χ3n) is 8.75. The second kappa shape index (κ2) is 15.5. The van der Waals surface area contributed by atoms with Crippen LogP contribution in [0.4, 0.5) is 4.79 Å². The fourth-order valence-corrected chi connectivity index (χ4v) is 6.22. The molecule has 0 bridgehead atoms. The molecule has 0 saturated carbocycles. The quantitative estimate of drug-likeness (QED) is 0.233. The molecule has 1 aliphatic carbocycles. The first-order valence-electron chi connectivity index (χ1n) is 15.8. The Morgan fingerprint density at radius 3 is 2.20 bits per heavy atom. The molecule has 4 atom stereocenters. The number of amides is 4. The number of carbonyl (C=O) groups excluding carboxylic acids is 5. The number of hydrogen-bond acceptors (Lipinski definition) is 6. The van der Waals surface area contributed by atoms with E-state index in [-0.39, 0.29) is 36.6 Å². The summed E-state index contributed by atoms with van der Waals surface area (Å²) in [5, 5.41) is 8.09. The van der Waals surface area contributed by atoms with Crippen LogP contribution < -0.4 is 20.7 Å². The average Bonchev–Trinajstić information content (AvgIpc) is 3.67. The predicted molar refractivity (Wildman–Crippen MR) is 170 cm³/mol. The number of carbonyl (C=O) groups is 5. The van der Waals surface area contributed by atoms with Crippen molar-refractivity contribution in [1.29, 1.82) is 0 Å². The molecule has 1 aliphatic heterocycles. The molecule has 45 heavy (non-hydrogen) atoms. The van der Waals surface area contributed by atoms with Crippen molar-refractivity contribution in [3.8, 4) is 5.75 Å². The van der Waals surface area contributed by atoms with E-state index in [1.165, 1.54) is 6.08 Å². The van der Waals surface area contributed by atoms with Crippen molar-refractivity contribution in [3.05, 3.63) is 78.4 Å². The highest BCUT2D eigenvalue weighted by Gasteiger charge is 2.46. The monoisotopic (exact) mass is 616 g/mol. The first-order valence-corrected chi connectivity index (χ1v) is 15.8. The molecular weight excluding hydrogens is 572 g/mol. The van der Waals surface area contributed by atoms with Crippen LogP contribution in [0.3, 0.4) is 0 Å². The van der Waals surface area contributed by atoms with Crippen LogP contribution in [-0.4, -0.2) is 65.7 Å². The summed E-state index contributed by atoms with van der Waals surface area (Å²) in [6.45, 7) is 9.95. The Morgan fingerprint density at radius 2 is 1.60 bits per heavy atom. The SMILES string of the molecule is C=CCNC(=O)C(=O)C(CCC)NC(=O)[C@@H]1CC(C(C)C)CN1C(=O)C(NC(=O)Oc1ccccc1)C1Cc2ccccc2C1. The largest absolute Gasteiger partial charge is 0.413 e. The first kappa shape index (κ1) is 33.4. The lowest BCUT2D eigenvalue weighted by atomic mass is 9.93. The number of nitrogens with one attached hydrogen (secondary N) is 3. The van der Waals surface area contributed by atoms with Gasteiger partial charge in [-0.05, 0) is 66.7 Å². The Kier molecular flexibility index (Phi) is 11.5. The highest BCUT2D eigenvalue weighted by Crippen LogP contribution is 2.34. The van der Waals surface area contributed by atoms with Crippen molar-refractivity contribution in [2.75, 3.05) is 13.1 Å². The molecule has 2 aromatic carbocycles. The Balaban J connectivity index is 1.58. The Bertz CT molecular complexity index is 1370. The summed E-state index contributed by atoms with van der Waals surface area (Å²) < 4.78 is 5.50. The number of ketones is 1. The lowest BCUT2D eigenvalue weighted by Crippen LogP contribution is -2.58. The summed E-state index contributed by atoms with van der Waals surface area (Å²) in [7, 11) is 0. The number of ether oxygens (including phenoxy) is 1. The van der Waals surface area contributed by atoms with Gasteiger partial charge in [0.2, 0.25) is 17.6 Å². The van der Waals surface area contributed by atoms with Gasteiger partial charge in [0.1, 0.15) is 17.8 Å². The summed E-state index contributed by atoms with van der Waals surface area (Å²) in [5.74, 6) is -2.09. The predicted octanol–water partition coefficient (Wildman–Crippen LogP) is 3.59. The second-order valence-electron chi connectivity index (χ2n) is 12.2. The fourth-order valence-electron chi connectivity index (χ4n) is 6.22. The van der Waals surface area contributed by atoms with E-state index in [2.05, 4.69) is 22.5 Å². The van der Waals surface area contributed by atoms with Crippen LogP contribution in [-0.2, 0) is 32.0 Å². The molecule has 0 aromatic heterocycles. The van der Waals surface area contributed by atoms with Crippen molar-refractivity contribution in [2.45, 2.75) is 71.0 Å². The molecule has 0 spiro atoms. The molecule has 4 amide bonds. The third-order valence-corrected chi connectivity index (χ3v) is 8.75. The molecule has 1 heterocycles. The van der Waals surface area contributed by atoms with Gasteiger partial charge in [-0.3, -0.25) is 19.2 Å². The van der Waals surface area contributed by atoms with E-state index in [1.54, 1.807) is 29.2 Å². The van der Waals surface area contributed by atoms with Crippen LogP contribution in [0.1, 0.15) is 51.2 Å². The van der Waals surface area contributed by atoms with Crippen LogP contribution in [0.15, 0.2) is 67.3 Å². The zero-order valence-corrected chi connectivity index (χ0v) is 26.3. The number of benzene rings is 2. The normalized spacial score (nSPS) is 18.9. The summed E-state index contributed by atoms with van der Waals surface area (Å²) in [6, 6.07) is 13.7. The third kappa shape index (κ3) is 8.38. The minimum absolute atomic E-state index is 0.0265. The van der Waals surface area contributed by atoms with Gasteiger partial charge in [0.05, 0.1) is 6.04 Å². The van der Waals surface area contributed by atoms with Gasteiger partial charge in [-0.15, -0.1) is 6.58 Å². The first-order chi connectivity index (χ1) is 21.6. The van der Waals surface area contributed by atoms with Crippen LogP contribution in [0.2, 0.25) is 0 Å². The molecule has 10 heteroatoms. The summed E-state index contributed by atoms with van der Waals surface area (Å²) in [5.41, 5.74) is 2.23.